The fourth-order valence-corrected chi connectivity index (χ4v) is 3.76. The first kappa shape index (κ1) is 17.7. The summed E-state index contributed by atoms with van der Waals surface area (Å²) in [4.78, 5) is 0. The molecule has 3 aromatic rings. The Morgan fingerprint density at radius 3 is 2.48 bits per heavy atom. The van der Waals surface area contributed by atoms with Crippen molar-refractivity contribution in [3.8, 4) is 11.5 Å². The van der Waals surface area contributed by atoms with Crippen LogP contribution in [-0.4, -0.2) is 11.7 Å². The molecule has 3 heteroatoms. The molecule has 1 heterocycles. The number of aromatic hydroxyl groups is 1. The van der Waals surface area contributed by atoms with Gasteiger partial charge in [0.15, 0.2) is 0 Å². The monoisotopic (exact) mass is 376 g/mol. The van der Waals surface area contributed by atoms with Crippen LogP contribution in [0.1, 0.15) is 34.6 Å². The average Bonchev–Trinajstić information content (AvgIpc) is 2.83. The molecule has 0 aliphatic carbocycles. The number of rotatable bonds is 2. The molecule has 136 valence electrons. The van der Waals surface area contributed by atoms with Gasteiger partial charge in [0.25, 0.3) is 0 Å². The van der Waals surface area contributed by atoms with E-state index in [1.54, 1.807) is 12.1 Å². The van der Waals surface area contributed by atoms with E-state index in [0.29, 0.717) is 6.61 Å². The zero-order chi connectivity index (χ0) is 18.8. The molecule has 27 heavy (non-hydrogen) atoms. The SMILES string of the molecule is Cc1ccc2c(c1)C(c1ccc(O)cc1)/C(=C/c1ccc(Cl)cc1)CCO2. The number of halogens is 1. The Morgan fingerprint density at radius 1 is 1.00 bits per heavy atom. The predicted molar refractivity (Wildman–Crippen MR) is 111 cm³/mol. The van der Waals surface area contributed by atoms with Gasteiger partial charge in [-0.2, -0.15) is 0 Å². The zero-order valence-corrected chi connectivity index (χ0v) is 15.9. The summed E-state index contributed by atoms with van der Waals surface area (Å²) < 4.78 is 6.05. The number of fused-ring (bicyclic) bond motifs is 1. The zero-order valence-electron chi connectivity index (χ0n) is 15.2. The van der Waals surface area contributed by atoms with Crippen LogP contribution >= 0.6 is 11.6 Å². The number of benzene rings is 3. The third-order valence-electron chi connectivity index (χ3n) is 4.94. The highest BCUT2D eigenvalue weighted by molar-refractivity contribution is 6.30. The summed E-state index contributed by atoms with van der Waals surface area (Å²) in [6, 6.07) is 21.7. The van der Waals surface area contributed by atoms with Gasteiger partial charge >= 0.3 is 0 Å². The molecule has 1 unspecified atom stereocenters. The van der Waals surface area contributed by atoms with Crippen molar-refractivity contribution >= 4 is 17.7 Å². The minimum absolute atomic E-state index is 0.0821. The fourth-order valence-electron chi connectivity index (χ4n) is 3.64. The second kappa shape index (κ2) is 7.50. The fraction of sp³-hybridized carbons (Fsp3) is 0.167. The number of aryl methyl sites for hydroxylation is 1. The Hall–Kier alpha value is -2.71. The smallest absolute Gasteiger partial charge is 0.123 e. The van der Waals surface area contributed by atoms with E-state index in [4.69, 9.17) is 16.3 Å². The Morgan fingerprint density at radius 2 is 1.74 bits per heavy atom. The van der Waals surface area contributed by atoms with Gasteiger partial charge in [-0.1, -0.05) is 65.2 Å². The molecule has 0 amide bonds. The Balaban J connectivity index is 1.87. The first-order chi connectivity index (χ1) is 13.1. The standard InChI is InChI=1S/C24H21ClO2/c1-16-2-11-23-22(14-16)24(18-5-9-21(26)10-6-18)19(12-13-27-23)15-17-3-7-20(25)8-4-17/h2-11,14-15,24,26H,12-13H2,1H3/b19-15+. The van der Waals surface area contributed by atoms with Crippen LogP contribution in [0.2, 0.25) is 5.02 Å². The average molecular weight is 377 g/mol. The van der Waals surface area contributed by atoms with E-state index in [1.807, 2.05) is 36.4 Å². The van der Waals surface area contributed by atoms with Crippen LogP contribution in [0.15, 0.2) is 72.3 Å². The maximum absolute atomic E-state index is 9.73. The van der Waals surface area contributed by atoms with Gasteiger partial charge in [0, 0.05) is 22.9 Å². The molecule has 3 aromatic carbocycles. The second-order valence-electron chi connectivity index (χ2n) is 6.94. The van der Waals surface area contributed by atoms with Crippen LogP contribution in [0.4, 0.5) is 0 Å². The van der Waals surface area contributed by atoms with Gasteiger partial charge in [-0.3, -0.25) is 0 Å². The summed E-state index contributed by atoms with van der Waals surface area (Å²) in [5.74, 6) is 1.29. The van der Waals surface area contributed by atoms with E-state index < -0.39 is 0 Å². The largest absolute Gasteiger partial charge is 0.508 e. The third-order valence-corrected chi connectivity index (χ3v) is 5.20. The van der Waals surface area contributed by atoms with Gasteiger partial charge in [-0.05, 0) is 48.4 Å². The molecule has 4 rings (SSSR count). The highest BCUT2D eigenvalue weighted by Crippen LogP contribution is 2.42. The van der Waals surface area contributed by atoms with Crippen LogP contribution in [0.25, 0.3) is 6.08 Å². The van der Waals surface area contributed by atoms with Crippen LogP contribution in [0, 0.1) is 6.92 Å². The maximum Gasteiger partial charge on any atom is 0.123 e. The third kappa shape index (κ3) is 3.86. The Kier molecular flexibility index (Phi) is 4.91. The first-order valence-electron chi connectivity index (χ1n) is 9.08. The molecule has 0 fully saturated rings. The lowest BCUT2D eigenvalue weighted by molar-refractivity contribution is 0.326. The molecule has 2 nitrogen and oxygen atoms in total. The maximum atomic E-state index is 9.73. The molecular weight excluding hydrogens is 356 g/mol. The summed E-state index contributed by atoms with van der Waals surface area (Å²) in [7, 11) is 0. The number of phenolic OH excluding ortho intramolecular Hbond substituents is 1. The Labute approximate surface area is 164 Å². The molecule has 0 spiro atoms. The van der Waals surface area contributed by atoms with Gasteiger partial charge in [0.1, 0.15) is 11.5 Å². The molecular formula is C24H21ClO2. The van der Waals surface area contributed by atoms with E-state index in [9.17, 15) is 5.11 Å². The molecule has 0 aromatic heterocycles. The van der Waals surface area contributed by atoms with E-state index in [2.05, 4.69) is 31.2 Å². The molecule has 0 radical (unpaired) electrons. The minimum Gasteiger partial charge on any atom is -0.508 e. The van der Waals surface area contributed by atoms with Gasteiger partial charge in [-0.15, -0.1) is 0 Å². The number of ether oxygens (including phenoxy) is 1. The quantitative estimate of drug-likeness (QED) is 0.564. The lowest BCUT2D eigenvalue weighted by atomic mass is 9.82. The summed E-state index contributed by atoms with van der Waals surface area (Å²) in [5.41, 5.74) is 5.92. The summed E-state index contributed by atoms with van der Waals surface area (Å²) in [6.45, 7) is 2.74. The summed E-state index contributed by atoms with van der Waals surface area (Å²) in [5, 5.41) is 10.5. The van der Waals surface area contributed by atoms with Crippen molar-refractivity contribution in [3.63, 3.8) is 0 Å². The molecule has 0 saturated heterocycles. The van der Waals surface area contributed by atoms with Crippen LogP contribution in [0.3, 0.4) is 0 Å². The lowest BCUT2D eigenvalue weighted by Gasteiger charge is -2.21. The van der Waals surface area contributed by atoms with E-state index >= 15 is 0 Å². The highest BCUT2D eigenvalue weighted by atomic mass is 35.5. The van der Waals surface area contributed by atoms with Gasteiger partial charge in [-0.25, -0.2) is 0 Å². The van der Waals surface area contributed by atoms with Crippen molar-refractivity contribution in [3.05, 3.63) is 99.6 Å². The van der Waals surface area contributed by atoms with E-state index in [1.165, 1.54) is 16.7 Å². The molecule has 0 bridgehead atoms. The highest BCUT2D eigenvalue weighted by Gasteiger charge is 2.25. The number of phenols is 1. The van der Waals surface area contributed by atoms with Crippen LogP contribution < -0.4 is 4.74 Å². The van der Waals surface area contributed by atoms with Gasteiger partial charge in [0.2, 0.25) is 0 Å². The predicted octanol–water partition coefficient (Wildman–Crippen LogP) is 6.35. The molecule has 1 aliphatic heterocycles. The lowest BCUT2D eigenvalue weighted by Crippen LogP contribution is -2.04. The van der Waals surface area contributed by atoms with E-state index in [0.717, 1.165) is 28.3 Å². The number of hydrogen-bond donors (Lipinski definition) is 1. The van der Waals surface area contributed by atoms with Crippen molar-refractivity contribution in [1.29, 1.82) is 0 Å². The molecule has 0 saturated carbocycles. The minimum atomic E-state index is 0.0821. The number of hydrogen-bond acceptors (Lipinski definition) is 2. The second-order valence-corrected chi connectivity index (χ2v) is 7.37. The normalized spacial score (nSPS) is 17.9. The summed E-state index contributed by atoms with van der Waals surface area (Å²) >= 11 is 6.04. The van der Waals surface area contributed by atoms with Crippen molar-refractivity contribution in [2.24, 2.45) is 0 Å². The van der Waals surface area contributed by atoms with Gasteiger partial charge in [0.05, 0.1) is 6.61 Å². The van der Waals surface area contributed by atoms with Crippen molar-refractivity contribution < 1.29 is 9.84 Å². The summed E-state index contributed by atoms with van der Waals surface area (Å²) in [6.07, 6.45) is 3.07. The Bertz CT molecular complexity index is 972. The molecule has 1 atom stereocenters. The first-order valence-corrected chi connectivity index (χ1v) is 9.46. The van der Waals surface area contributed by atoms with Gasteiger partial charge < -0.3 is 9.84 Å². The van der Waals surface area contributed by atoms with Crippen LogP contribution in [-0.2, 0) is 0 Å². The molecule has 1 N–H and O–H groups in total. The molecule has 1 aliphatic rings. The van der Waals surface area contributed by atoms with Crippen molar-refractivity contribution in [2.45, 2.75) is 19.3 Å². The van der Waals surface area contributed by atoms with Crippen LogP contribution in [0.5, 0.6) is 11.5 Å². The van der Waals surface area contributed by atoms with Crippen molar-refractivity contribution in [1.82, 2.24) is 0 Å². The van der Waals surface area contributed by atoms with Crippen molar-refractivity contribution in [2.75, 3.05) is 6.61 Å². The van der Waals surface area contributed by atoms with E-state index in [-0.39, 0.29) is 11.7 Å². The topological polar surface area (TPSA) is 29.5 Å².